The van der Waals surface area contributed by atoms with Gasteiger partial charge in [0.25, 0.3) is 0 Å². The summed E-state index contributed by atoms with van der Waals surface area (Å²) in [5.74, 6) is -1.08. The molecule has 0 spiro atoms. The summed E-state index contributed by atoms with van der Waals surface area (Å²) in [4.78, 5) is 10.6. The Bertz CT molecular complexity index is 341. The third-order valence-corrected chi connectivity index (χ3v) is 1.50. The highest BCUT2D eigenvalue weighted by molar-refractivity contribution is 8.93. The summed E-state index contributed by atoms with van der Waals surface area (Å²) in [5, 5.41) is 0. The number of hydrogen-bond acceptors (Lipinski definition) is 1. The van der Waals surface area contributed by atoms with Crippen LogP contribution in [-0.4, -0.2) is 5.91 Å². The van der Waals surface area contributed by atoms with Crippen molar-refractivity contribution in [2.75, 3.05) is 0 Å². The van der Waals surface area contributed by atoms with Crippen LogP contribution in [0, 0.1) is 0 Å². The topological polar surface area (TPSA) is 43.1 Å². The first-order valence-electron chi connectivity index (χ1n) is 3.39. The Morgan fingerprint density at radius 1 is 1.13 bits per heavy atom. The van der Waals surface area contributed by atoms with Gasteiger partial charge in [0.05, 0.1) is 11.1 Å². The third kappa shape index (κ3) is 4.21. The lowest BCUT2D eigenvalue weighted by Gasteiger charge is -2.09. The van der Waals surface area contributed by atoms with Crippen LogP contribution in [0.1, 0.15) is 15.9 Å². The first kappa shape index (κ1) is 16.9. The van der Waals surface area contributed by atoms with Gasteiger partial charge in [-0.05, 0) is 12.1 Å². The molecule has 15 heavy (non-hydrogen) atoms. The van der Waals surface area contributed by atoms with E-state index in [2.05, 4.69) is 0 Å². The summed E-state index contributed by atoms with van der Waals surface area (Å²) in [6, 6.07) is 4.40. The summed E-state index contributed by atoms with van der Waals surface area (Å²) in [6.07, 6.45) is -4.54. The van der Waals surface area contributed by atoms with Gasteiger partial charge >= 0.3 is 6.18 Å². The maximum Gasteiger partial charge on any atom is 0.417 e. The lowest BCUT2D eigenvalue weighted by molar-refractivity contribution is -0.137. The van der Waals surface area contributed by atoms with E-state index in [4.69, 9.17) is 5.73 Å². The van der Waals surface area contributed by atoms with Crippen LogP contribution in [0.3, 0.4) is 0 Å². The predicted octanol–water partition coefficient (Wildman–Crippen LogP) is 2.96. The maximum absolute atomic E-state index is 12.2. The Labute approximate surface area is 105 Å². The zero-order valence-corrected chi connectivity index (χ0v) is 10.7. The fourth-order valence-corrected chi connectivity index (χ4v) is 0.945. The standard InChI is InChI=1S/C8H6F3NO.2BrH/c9-8(10,11)6-4-2-1-3-5(6)7(12)13;;/h1-4H,(H2,12,13);2*1H. The van der Waals surface area contributed by atoms with Crippen molar-refractivity contribution >= 4 is 39.9 Å². The summed E-state index contributed by atoms with van der Waals surface area (Å²) >= 11 is 0. The number of amides is 1. The Morgan fingerprint density at radius 3 is 1.93 bits per heavy atom. The SMILES string of the molecule is Br.Br.NC(=O)c1ccccc1C(F)(F)F. The van der Waals surface area contributed by atoms with Gasteiger partial charge < -0.3 is 5.73 Å². The second kappa shape index (κ2) is 6.12. The van der Waals surface area contributed by atoms with Crippen LogP contribution in [0.5, 0.6) is 0 Å². The van der Waals surface area contributed by atoms with Gasteiger partial charge in [-0.15, -0.1) is 34.0 Å². The lowest BCUT2D eigenvalue weighted by atomic mass is 10.1. The van der Waals surface area contributed by atoms with Gasteiger partial charge in [-0.3, -0.25) is 4.79 Å². The second-order valence-corrected chi connectivity index (χ2v) is 2.41. The highest BCUT2D eigenvalue weighted by Crippen LogP contribution is 2.31. The van der Waals surface area contributed by atoms with Crippen LogP contribution in [0.25, 0.3) is 0 Å². The van der Waals surface area contributed by atoms with Crippen molar-refractivity contribution in [3.8, 4) is 0 Å². The first-order valence-corrected chi connectivity index (χ1v) is 3.39. The van der Waals surface area contributed by atoms with E-state index in [9.17, 15) is 18.0 Å². The molecule has 0 bridgehead atoms. The number of hydrogen-bond donors (Lipinski definition) is 1. The molecular weight excluding hydrogens is 343 g/mol. The van der Waals surface area contributed by atoms with Gasteiger partial charge in [0, 0.05) is 0 Å². The van der Waals surface area contributed by atoms with E-state index in [0.717, 1.165) is 12.1 Å². The number of carbonyl (C=O) groups excluding carboxylic acids is 1. The van der Waals surface area contributed by atoms with Crippen molar-refractivity contribution in [3.05, 3.63) is 35.4 Å². The normalized spacial score (nSPS) is 9.80. The number of carbonyl (C=O) groups is 1. The average Bonchev–Trinajstić information content (AvgIpc) is 2.03. The quantitative estimate of drug-likeness (QED) is 0.831. The maximum atomic E-state index is 12.2. The Hall–Kier alpha value is -0.560. The van der Waals surface area contributed by atoms with Crippen LogP contribution in [0.4, 0.5) is 13.2 Å². The van der Waals surface area contributed by atoms with Gasteiger partial charge in [-0.25, -0.2) is 0 Å². The van der Waals surface area contributed by atoms with Crippen LogP contribution >= 0.6 is 34.0 Å². The molecule has 0 aromatic heterocycles. The third-order valence-electron chi connectivity index (χ3n) is 1.50. The molecule has 0 radical (unpaired) electrons. The van der Waals surface area contributed by atoms with Crippen molar-refractivity contribution in [1.82, 2.24) is 0 Å². The predicted molar refractivity (Wildman–Crippen MR) is 60.6 cm³/mol. The van der Waals surface area contributed by atoms with Crippen molar-refractivity contribution < 1.29 is 18.0 Å². The zero-order chi connectivity index (χ0) is 10.1. The molecule has 0 heterocycles. The van der Waals surface area contributed by atoms with E-state index in [1.165, 1.54) is 12.1 Å². The smallest absolute Gasteiger partial charge is 0.366 e. The monoisotopic (exact) mass is 349 g/mol. The molecule has 1 rings (SSSR count). The molecular formula is C8H8Br2F3NO. The number of primary amides is 1. The molecule has 0 aliphatic carbocycles. The molecule has 86 valence electrons. The van der Waals surface area contributed by atoms with E-state index in [1.807, 2.05) is 0 Å². The van der Waals surface area contributed by atoms with Crippen LogP contribution < -0.4 is 5.73 Å². The average molecular weight is 351 g/mol. The molecule has 1 aromatic rings. The first-order chi connectivity index (χ1) is 5.93. The number of rotatable bonds is 1. The minimum Gasteiger partial charge on any atom is -0.366 e. The largest absolute Gasteiger partial charge is 0.417 e. The lowest BCUT2D eigenvalue weighted by Crippen LogP contribution is -2.18. The summed E-state index contributed by atoms with van der Waals surface area (Å²) < 4.78 is 36.6. The van der Waals surface area contributed by atoms with E-state index in [-0.39, 0.29) is 34.0 Å². The fraction of sp³-hybridized carbons (Fsp3) is 0.125. The van der Waals surface area contributed by atoms with Crippen LogP contribution in [0.15, 0.2) is 24.3 Å². The van der Waals surface area contributed by atoms with Crippen molar-refractivity contribution in [1.29, 1.82) is 0 Å². The Balaban J connectivity index is 0. The molecule has 2 N–H and O–H groups in total. The van der Waals surface area contributed by atoms with Crippen molar-refractivity contribution in [3.63, 3.8) is 0 Å². The van der Waals surface area contributed by atoms with Gasteiger partial charge in [0.1, 0.15) is 0 Å². The number of nitrogens with two attached hydrogens (primary N) is 1. The summed E-state index contributed by atoms with van der Waals surface area (Å²) in [6.45, 7) is 0. The molecule has 0 aliphatic heterocycles. The van der Waals surface area contributed by atoms with Crippen LogP contribution in [0.2, 0.25) is 0 Å². The molecule has 0 fully saturated rings. The minimum absolute atomic E-state index is 0. The molecule has 1 amide bonds. The molecule has 1 aromatic carbocycles. The van der Waals surface area contributed by atoms with Gasteiger partial charge in [0.2, 0.25) is 5.91 Å². The number of benzene rings is 1. The van der Waals surface area contributed by atoms with E-state index < -0.39 is 23.2 Å². The summed E-state index contributed by atoms with van der Waals surface area (Å²) in [5.41, 5.74) is 3.27. The van der Waals surface area contributed by atoms with Crippen LogP contribution in [-0.2, 0) is 6.18 Å². The zero-order valence-electron chi connectivity index (χ0n) is 7.25. The molecule has 0 unspecified atom stereocenters. The molecule has 0 aliphatic rings. The molecule has 0 saturated carbocycles. The van der Waals surface area contributed by atoms with E-state index in [0.29, 0.717) is 0 Å². The van der Waals surface area contributed by atoms with E-state index in [1.54, 1.807) is 0 Å². The molecule has 7 heteroatoms. The second-order valence-electron chi connectivity index (χ2n) is 2.41. The van der Waals surface area contributed by atoms with Gasteiger partial charge in [-0.1, -0.05) is 12.1 Å². The van der Waals surface area contributed by atoms with Gasteiger partial charge in [0.15, 0.2) is 0 Å². The highest BCUT2D eigenvalue weighted by Gasteiger charge is 2.34. The van der Waals surface area contributed by atoms with Crippen molar-refractivity contribution in [2.45, 2.75) is 6.18 Å². The molecule has 2 nitrogen and oxygen atoms in total. The molecule has 0 atom stereocenters. The van der Waals surface area contributed by atoms with E-state index >= 15 is 0 Å². The Morgan fingerprint density at radius 2 is 1.60 bits per heavy atom. The molecule has 0 saturated heterocycles. The fourth-order valence-electron chi connectivity index (χ4n) is 0.945. The van der Waals surface area contributed by atoms with Crippen molar-refractivity contribution in [2.24, 2.45) is 5.73 Å². The van der Waals surface area contributed by atoms with Gasteiger partial charge in [-0.2, -0.15) is 13.2 Å². The minimum atomic E-state index is -4.54. The highest BCUT2D eigenvalue weighted by atomic mass is 79.9. The number of halogens is 5. The Kier molecular flexibility index (Phi) is 6.87. The summed E-state index contributed by atoms with van der Waals surface area (Å²) in [7, 11) is 0. The number of alkyl halides is 3.